The number of carbonyl (C=O) groups is 1. The third-order valence-electron chi connectivity index (χ3n) is 9.40. The van der Waals surface area contributed by atoms with Crippen molar-refractivity contribution in [3.05, 3.63) is 100 Å². The Morgan fingerprint density at radius 3 is 2.39 bits per heavy atom. The normalized spacial score (nSPS) is 17.1. The minimum Gasteiger partial charge on any atom is -0.487 e. The molecule has 8 nitrogen and oxygen atoms in total. The summed E-state index contributed by atoms with van der Waals surface area (Å²) in [5, 5.41) is 5.20. The van der Waals surface area contributed by atoms with Gasteiger partial charge in [0.05, 0.1) is 4.90 Å². The molecule has 2 aliphatic rings. The van der Waals surface area contributed by atoms with Gasteiger partial charge in [-0.25, -0.2) is 13.2 Å². The minimum atomic E-state index is -3.98. The van der Waals surface area contributed by atoms with Gasteiger partial charge in [0, 0.05) is 23.4 Å². The SMILES string of the molecule is Cc1ccc(S(=O)(=O)NC(C(=O)ON=c2oc3cc4c(cc3c(C)c2Cc2ccccc2)CCC2(CCCCC2)O4)C(C)C)cc1. The van der Waals surface area contributed by atoms with Gasteiger partial charge in [0.25, 0.3) is 5.55 Å². The largest absolute Gasteiger partial charge is 0.487 e. The van der Waals surface area contributed by atoms with Crippen molar-refractivity contribution >= 4 is 27.0 Å². The van der Waals surface area contributed by atoms with Crippen LogP contribution in [-0.4, -0.2) is 26.0 Å². The van der Waals surface area contributed by atoms with Crippen LogP contribution in [-0.2, 0) is 32.5 Å². The molecule has 46 heavy (non-hydrogen) atoms. The molecular weight excluding hydrogens is 600 g/mol. The van der Waals surface area contributed by atoms with Crippen molar-refractivity contribution in [2.24, 2.45) is 11.1 Å². The van der Waals surface area contributed by atoms with Crippen LogP contribution >= 0.6 is 0 Å². The van der Waals surface area contributed by atoms with Crippen molar-refractivity contribution in [2.75, 3.05) is 0 Å². The van der Waals surface area contributed by atoms with Crippen molar-refractivity contribution in [1.82, 2.24) is 4.72 Å². The van der Waals surface area contributed by atoms with Gasteiger partial charge < -0.3 is 14.0 Å². The van der Waals surface area contributed by atoms with Gasteiger partial charge in [-0.15, -0.1) is 0 Å². The average Bonchev–Trinajstić information content (AvgIpc) is 3.04. The van der Waals surface area contributed by atoms with Crippen molar-refractivity contribution in [3.8, 4) is 5.75 Å². The van der Waals surface area contributed by atoms with Gasteiger partial charge >= 0.3 is 5.97 Å². The van der Waals surface area contributed by atoms with E-state index < -0.39 is 28.0 Å². The fraction of sp³-hybridized carbons (Fsp3) is 0.405. The number of nitrogens with one attached hydrogen (secondary N) is 1. The Morgan fingerprint density at radius 1 is 0.978 bits per heavy atom. The Morgan fingerprint density at radius 2 is 1.70 bits per heavy atom. The highest BCUT2D eigenvalue weighted by atomic mass is 32.2. The molecule has 1 unspecified atom stereocenters. The van der Waals surface area contributed by atoms with E-state index in [1.807, 2.05) is 50.2 Å². The predicted octanol–water partition coefficient (Wildman–Crippen LogP) is 7.03. The first-order chi connectivity index (χ1) is 22.0. The maximum atomic E-state index is 13.4. The van der Waals surface area contributed by atoms with Crippen molar-refractivity contribution in [3.63, 3.8) is 0 Å². The second-order valence-corrected chi connectivity index (χ2v) is 14.8. The van der Waals surface area contributed by atoms with Crippen LogP contribution in [0.3, 0.4) is 0 Å². The van der Waals surface area contributed by atoms with Gasteiger partial charge in [-0.2, -0.15) is 4.72 Å². The lowest BCUT2D eigenvalue weighted by molar-refractivity contribution is -0.147. The summed E-state index contributed by atoms with van der Waals surface area (Å²) < 4.78 is 41.9. The van der Waals surface area contributed by atoms with Gasteiger partial charge in [-0.1, -0.05) is 68.3 Å². The summed E-state index contributed by atoms with van der Waals surface area (Å²) in [7, 11) is -3.98. The lowest BCUT2D eigenvalue weighted by atomic mass is 9.79. The number of hydrogen-bond donors (Lipinski definition) is 1. The van der Waals surface area contributed by atoms with Gasteiger partial charge in [0.15, 0.2) is 0 Å². The van der Waals surface area contributed by atoms with Crippen LogP contribution in [0.15, 0.2) is 81.2 Å². The lowest BCUT2D eigenvalue weighted by Crippen LogP contribution is -2.45. The van der Waals surface area contributed by atoms with E-state index in [0.29, 0.717) is 12.0 Å². The molecule has 1 fully saturated rings. The molecule has 0 saturated heterocycles. The highest BCUT2D eigenvalue weighted by Gasteiger charge is 2.38. The summed E-state index contributed by atoms with van der Waals surface area (Å²) in [5.41, 5.74) is 5.55. The van der Waals surface area contributed by atoms with Crippen LogP contribution in [0.5, 0.6) is 5.75 Å². The maximum Gasteiger partial charge on any atom is 0.353 e. The number of aryl methyl sites for hydroxylation is 3. The van der Waals surface area contributed by atoms with E-state index in [-0.39, 0.29) is 16.1 Å². The number of carbonyl (C=O) groups excluding carboxylic acids is 1. The average molecular weight is 643 g/mol. The summed E-state index contributed by atoms with van der Waals surface area (Å²) in [6, 6.07) is 19.4. The molecule has 6 rings (SSSR count). The van der Waals surface area contributed by atoms with Crippen LogP contribution in [0.2, 0.25) is 0 Å². The van der Waals surface area contributed by atoms with E-state index >= 15 is 0 Å². The zero-order valence-electron chi connectivity index (χ0n) is 27.0. The summed E-state index contributed by atoms with van der Waals surface area (Å²) in [5.74, 6) is -0.386. The third-order valence-corrected chi connectivity index (χ3v) is 10.9. The molecule has 0 radical (unpaired) electrons. The van der Waals surface area contributed by atoms with Gasteiger partial charge in [0.1, 0.15) is 23.0 Å². The number of nitrogens with zero attached hydrogens (tertiary/aromatic N) is 1. The summed E-state index contributed by atoms with van der Waals surface area (Å²) in [6.45, 7) is 7.40. The van der Waals surface area contributed by atoms with Crippen LogP contribution in [0.4, 0.5) is 0 Å². The Bertz CT molecular complexity index is 1910. The fourth-order valence-electron chi connectivity index (χ4n) is 6.59. The zero-order chi connectivity index (χ0) is 32.5. The summed E-state index contributed by atoms with van der Waals surface area (Å²) in [6.07, 6.45) is 8.24. The number of sulfonamides is 1. The van der Waals surface area contributed by atoms with Crippen molar-refractivity contribution < 1.29 is 27.2 Å². The number of benzene rings is 3. The molecule has 1 aromatic heterocycles. The Hall–Kier alpha value is -3.95. The number of fused-ring (bicyclic) bond motifs is 2. The van der Waals surface area contributed by atoms with E-state index in [4.69, 9.17) is 14.0 Å². The van der Waals surface area contributed by atoms with Crippen LogP contribution < -0.4 is 15.0 Å². The first kappa shape index (κ1) is 32.0. The first-order valence-electron chi connectivity index (χ1n) is 16.2. The smallest absolute Gasteiger partial charge is 0.353 e. The summed E-state index contributed by atoms with van der Waals surface area (Å²) in [4.78, 5) is 18.9. The molecule has 2 heterocycles. The van der Waals surface area contributed by atoms with E-state index in [2.05, 4.69) is 15.9 Å². The molecule has 9 heteroatoms. The van der Waals surface area contributed by atoms with E-state index in [1.165, 1.54) is 37.0 Å². The summed E-state index contributed by atoms with van der Waals surface area (Å²) >= 11 is 0. The molecule has 0 amide bonds. The molecule has 4 aromatic rings. The van der Waals surface area contributed by atoms with Crippen LogP contribution in [0.1, 0.15) is 80.2 Å². The molecule has 0 bridgehead atoms. The van der Waals surface area contributed by atoms with Crippen molar-refractivity contribution in [1.29, 1.82) is 0 Å². The van der Waals surface area contributed by atoms with E-state index in [0.717, 1.165) is 59.1 Å². The quantitative estimate of drug-likeness (QED) is 0.163. The minimum absolute atomic E-state index is 0.0688. The fourth-order valence-corrected chi connectivity index (χ4v) is 7.92. The molecule has 1 saturated carbocycles. The lowest BCUT2D eigenvalue weighted by Gasteiger charge is -2.41. The highest BCUT2D eigenvalue weighted by molar-refractivity contribution is 7.89. The maximum absolute atomic E-state index is 13.4. The topological polar surface area (TPSA) is 107 Å². The Balaban J connectivity index is 1.36. The molecule has 1 spiro atoms. The van der Waals surface area contributed by atoms with Crippen LogP contribution in [0.25, 0.3) is 11.0 Å². The van der Waals surface area contributed by atoms with Gasteiger partial charge in [0.2, 0.25) is 10.0 Å². The molecule has 1 atom stereocenters. The monoisotopic (exact) mass is 642 g/mol. The molecule has 242 valence electrons. The molecule has 1 aliphatic carbocycles. The van der Waals surface area contributed by atoms with Crippen LogP contribution in [0, 0.1) is 19.8 Å². The van der Waals surface area contributed by atoms with Gasteiger partial charge in [-0.3, -0.25) is 0 Å². The second-order valence-electron chi connectivity index (χ2n) is 13.1. The van der Waals surface area contributed by atoms with E-state index in [9.17, 15) is 13.2 Å². The number of rotatable bonds is 8. The Labute approximate surface area is 270 Å². The molecule has 1 aliphatic heterocycles. The second kappa shape index (κ2) is 13.0. The number of hydrogen-bond acceptors (Lipinski definition) is 7. The number of ether oxygens (including phenoxy) is 1. The predicted molar refractivity (Wildman–Crippen MR) is 177 cm³/mol. The highest BCUT2D eigenvalue weighted by Crippen LogP contribution is 2.43. The van der Waals surface area contributed by atoms with Crippen molar-refractivity contribution in [2.45, 2.75) is 95.6 Å². The Kier molecular flexibility index (Phi) is 9.08. The zero-order valence-corrected chi connectivity index (χ0v) is 27.8. The van der Waals surface area contributed by atoms with E-state index in [1.54, 1.807) is 26.0 Å². The molecule has 3 aromatic carbocycles. The first-order valence-corrected chi connectivity index (χ1v) is 17.7. The standard InChI is InChI=1S/C37H42N2O6S/c1-24(2)34(39-46(41,42)29-15-13-25(3)14-16-29)36(40)45-38-35-31(21-27-11-7-5-8-12-27)26(4)30-22-28-17-20-37(18-9-6-10-19-37)44-32(28)23-33(30)43-35/h5,7-8,11-16,22-24,34,39H,6,9-10,17-21H2,1-4H3. The third kappa shape index (κ3) is 6.76. The molecule has 1 N–H and O–H groups in total. The molecular formula is C37H42N2O6S. The van der Waals surface area contributed by atoms with Gasteiger partial charge in [-0.05, 0) is 98.3 Å².